The van der Waals surface area contributed by atoms with Gasteiger partial charge >= 0.3 is 0 Å². The number of nitrogens with one attached hydrogen (secondary N) is 1. The zero-order valence-corrected chi connectivity index (χ0v) is 16.0. The van der Waals surface area contributed by atoms with Crippen LogP contribution in [0.25, 0.3) is 17.3 Å². The molecule has 0 atom stereocenters. The van der Waals surface area contributed by atoms with E-state index in [0.29, 0.717) is 21.3 Å². The second-order valence-corrected chi connectivity index (χ2v) is 6.84. The van der Waals surface area contributed by atoms with Gasteiger partial charge in [0.05, 0.1) is 21.3 Å². The summed E-state index contributed by atoms with van der Waals surface area (Å²) in [7, 11) is 0. The summed E-state index contributed by atoms with van der Waals surface area (Å²) >= 11 is 12.2. The van der Waals surface area contributed by atoms with E-state index < -0.39 is 11.4 Å². The number of carbonyl (C=O) groups excluding carboxylic acids is 1. The van der Waals surface area contributed by atoms with Gasteiger partial charge in [-0.15, -0.1) is 0 Å². The number of nitrogens with zero attached hydrogens (tertiary/aromatic N) is 1. The van der Waals surface area contributed by atoms with Crippen LogP contribution in [0, 0.1) is 5.82 Å². The van der Waals surface area contributed by atoms with Crippen molar-refractivity contribution in [1.82, 2.24) is 9.78 Å². The Kier molecular flexibility index (Phi) is 5.35. The van der Waals surface area contributed by atoms with Crippen LogP contribution >= 0.6 is 23.2 Å². The van der Waals surface area contributed by atoms with Crippen molar-refractivity contribution in [3.63, 3.8) is 0 Å². The number of carbonyl (C=O) groups is 1. The zero-order valence-electron chi connectivity index (χ0n) is 14.5. The van der Waals surface area contributed by atoms with Crippen molar-refractivity contribution in [2.45, 2.75) is 13.8 Å². The fourth-order valence-corrected chi connectivity index (χ4v) is 3.24. The van der Waals surface area contributed by atoms with Crippen molar-refractivity contribution in [3.05, 3.63) is 84.8 Å². The average molecular weight is 405 g/mol. The number of aromatic amines is 1. The fraction of sp³-hybridized carbons (Fsp3) is 0.100. The molecule has 0 aliphatic heterocycles. The van der Waals surface area contributed by atoms with Gasteiger partial charge < -0.3 is 0 Å². The number of ketones is 1. The highest BCUT2D eigenvalue weighted by molar-refractivity contribution is 6.32. The van der Waals surface area contributed by atoms with Crippen molar-refractivity contribution in [2.75, 3.05) is 0 Å². The van der Waals surface area contributed by atoms with E-state index >= 15 is 0 Å². The summed E-state index contributed by atoms with van der Waals surface area (Å²) < 4.78 is 15.6. The summed E-state index contributed by atoms with van der Waals surface area (Å²) in [5, 5.41) is 4.02. The first kappa shape index (κ1) is 19.1. The van der Waals surface area contributed by atoms with Crippen molar-refractivity contribution in [2.24, 2.45) is 0 Å². The van der Waals surface area contributed by atoms with Gasteiger partial charge in [0.2, 0.25) is 0 Å². The highest BCUT2D eigenvalue weighted by Crippen LogP contribution is 2.20. The number of hydrogen-bond donors (Lipinski definition) is 1. The maximum atomic E-state index is 14.3. The SMILES string of the molecule is CC(=O)/C=c1/[nH]n(-c2ccccc2Cl)c(=O)/c1=C(/C)c1cc(Cl)ccc1F. The minimum absolute atomic E-state index is 0.172. The quantitative estimate of drug-likeness (QED) is 0.728. The average Bonchev–Trinajstić information content (AvgIpc) is 2.92. The first-order valence-electron chi connectivity index (χ1n) is 8.04. The zero-order chi connectivity index (χ0) is 19.7. The molecule has 0 aliphatic rings. The number of H-pyrrole nitrogens is 1. The lowest BCUT2D eigenvalue weighted by Gasteiger charge is -2.04. The van der Waals surface area contributed by atoms with E-state index in [-0.39, 0.29) is 21.9 Å². The molecule has 0 saturated heterocycles. The molecule has 0 fully saturated rings. The predicted molar refractivity (Wildman–Crippen MR) is 105 cm³/mol. The molecule has 0 unspecified atom stereocenters. The van der Waals surface area contributed by atoms with Crippen LogP contribution in [-0.2, 0) is 4.79 Å². The highest BCUT2D eigenvalue weighted by Gasteiger charge is 2.14. The van der Waals surface area contributed by atoms with E-state index in [0.717, 1.165) is 0 Å². The topological polar surface area (TPSA) is 54.9 Å². The third-order valence-corrected chi connectivity index (χ3v) is 4.62. The van der Waals surface area contributed by atoms with E-state index in [1.54, 1.807) is 31.2 Å². The molecule has 138 valence electrons. The molecule has 2 aromatic carbocycles. The third kappa shape index (κ3) is 3.75. The predicted octanol–water partition coefficient (Wildman–Crippen LogP) is 3.20. The maximum absolute atomic E-state index is 14.3. The number of rotatable bonds is 3. The molecular formula is C20H15Cl2FN2O2. The molecule has 1 heterocycles. The van der Waals surface area contributed by atoms with Crippen LogP contribution in [0.2, 0.25) is 10.0 Å². The number of halogens is 3. The van der Waals surface area contributed by atoms with Crippen LogP contribution in [0.1, 0.15) is 19.4 Å². The van der Waals surface area contributed by atoms with Gasteiger partial charge in [0, 0.05) is 16.7 Å². The molecule has 0 radical (unpaired) electrons. The molecule has 3 rings (SSSR count). The summed E-state index contributed by atoms with van der Waals surface area (Å²) in [5.41, 5.74) is 0.512. The number of para-hydroxylation sites is 1. The maximum Gasteiger partial charge on any atom is 0.279 e. The Morgan fingerprint density at radius 1 is 1.15 bits per heavy atom. The normalized spacial score (nSPS) is 13.0. The van der Waals surface area contributed by atoms with Crippen LogP contribution in [0.15, 0.2) is 47.3 Å². The molecule has 4 nitrogen and oxygen atoms in total. The molecule has 3 aromatic rings. The lowest BCUT2D eigenvalue weighted by atomic mass is 10.0. The van der Waals surface area contributed by atoms with Crippen LogP contribution in [0.5, 0.6) is 0 Å². The molecule has 0 saturated carbocycles. The van der Waals surface area contributed by atoms with Crippen molar-refractivity contribution in [1.29, 1.82) is 0 Å². The Morgan fingerprint density at radius 2 is 1.85 bits per heavy atom. The monoisotopic (exact) mass is 404 g/mol. The standard InChI is InChI=1S/C20H15Cl2FN2O2/c1-11(26)9-17-19(12(2)14-10-13(21)7-8-16(14)23)20(27)25(24-17)18-6-4-3-5-15(18)22/h3-10,24H,1-2H3/b17-9+,19-12-. The van der Waals surface area contributed by atoms with Gasteiger partial charge in [-0.2, -0.15) is 0 Å². The minimum atomic E-state index is -0.518. The Balaban J connectivity index is 2.46. The summed E-state index contributed by atoms with van der Waals surface area (Å²) in [6.07, 6.45) is 1.29. The lowest BCUT2D eigenvalue weighted by molar-refractivity contribution is -0.111. The molecule has 0 amide bonds. The van der Waals surface area contributed by atoms with Gasteiger partial charge in [0.25, 0.3) is 5.56 Å². The van der Waals surface area contributed by atoms with E-state index in [9.17, 15) is 14.0 Å². The summed E-state index contributed by atoms with van der Waals surface area (Å²) in [6.45, 7) is 2.97. The van der Waals surface area contributed by atoms with Gasteiger partial charge in [-0.25, -0.2) is 9.07 Å². The van der Waals surface area contributed by atoms with E-state index in [1.165, 1.54) is 35.9 Å². The summed E-state index contributed by atoms with van der Waals surface area (Å²) in [5.74, 6) is -0.779. The van der Waals surface area contributed by atoms with Gasteiger partial charge in [0.1, 0.15) is 5.82 Å². The number of hydrogen-bond acceptors (Lipinski definition) is 2. The van der Waals surface area contributed by atoms with Crippen LogP contribution in [-0.4, -0.2) is 15.6 Å². The molecule has 0 spiro atoms. The second-order valence-electron chi connectivity index (χ2n) is 6.00. The fourth-order valence-electron chi connectivity index (χ4n) is 2.85. The van der Waals surface area contributed by atoms with Crippen LogP contribution < -0.4 is 16.1 Å². The largest absolute Gasteiger partial charge is 0.295 e. The molecule has 7 heteroatoms. The van der Waals surface area contributed by atoms with E-state index in [2.05, 4.69) is 5.10 Å². The first-order valence-corrected chi connectivity index (χ1v) is 8.79. The van der Waals surface area contributed by atoms with Gasteiger partial charge in [-0.1, -0.05) is 35.3 Å². The summed E-state index contributed by atoms with van der Waals surface area (Å²) in [4.78, 5) is 24.8. The van der Waals surface area contributed by atoms with Crippen molar-refractivity contribution < 1.29 is 9.18 Å². The van der Waals surface area contributed by atoms with Crippen molar-refractivity contribution in [3.8, 4) is 5.69 Å². The number of aromatic nitrogens is 2. The van der Waals surface area contributed by atoms with Crippen LogP contribution in [0.4, 0.5) is 4.39 Å². The summed E-state index contributed by atoms with van der Waals surface area (Å²) in [6, 6.07) is 10.9. The Bertz CT molecular complexity index is 1230. The van der Waals surface area contributed by atoms with Gasteiger partial charge in [-0.05, 0) is 49.8 Å². The van der Waals surface area contributed by atoms with E-state index in [4.69, 9.17) is 23.2 Å². The smallest absolute Gasteiger partial charge is 0.279 e. The van der Waals surface area contributed by atoms with Gasteiger partial charge in [-0.3, -0.25) is 14.7 Å². The van der Waals surface area contributed by atoms with Crippen molar-refractivity contribution >= 4 is 40.6 Å². The third-order valence-electron chi connectivity index (χ3n) is 4.07. The molecular weight excluding hydrogens is 390 g/mol. The van der Waals surface area contributed by atoms with Crippen LogP contribution in [0.3, 0.4) is 0 Å². The van der Waals surface area contributed by atoms with E-state index in [1.807, 2.05) is 0 Å². The number of Topliss-reactive ketones (excluding diaryl/α,β-unsaturated/α-hetero) is 1. The Labute approximate surface area is 164 Å². The molecule has 0 aliphatic carbocycles. The first-order chi connectivity index (χ1) is 12.8. The molecule has 27 heavy (non-hydrogen) atoms. The second kappa shape index (κ2) is 7.55. The molecule has 1 aromatic heterocycles. The minimum Gasteiger partial charge on any atom is -0.295 e. The highest BCUT2D eigenvalue weighted by atomic mass is 35.5. The molecule has 0 bridgehead atoms. The Morgan fingerprint density at radius 3 is 2.52 bits per heavy atom. The Hall–Kier alpha value is -2.63. The number of benzene rings is 2. The lowest BCUT2D eigenvalue weighted by Crippen LogP contribution is -2.37. The molecule has 1 N–H and O–H groups in total. The van der Waals surface area contributed by atoms with Gasteiger partial charge in [0.15, 0.2) is 5.78 Å².